The zero-order chi connectivity index (χ0) is 20.3. The van der Waals surface area contributed by atoms with E-state index < -0.39 is 12.6 Å². The number of hydrogen-bond acceptors (Lipinski definition) is 5. The van der Waals surface area contributed by atoms with Crippen molar-refractivity contribution in [2.24, 2.45) is 0 Å². The minimum Gasteiger partial charge on any atom is -0.454 e. The first kappa shape index (κ1) is 19.7. The second-order valence-corrected chi connectivity index (χ2v) is 6.85. The molecule has 3 rings (SSSR count). The average molecular weight is 416 g/mol. The summed E-state index contributed by atoms with van der Waals surface area (Å²) in [6.07, 6.45) is 1.99. The Balaban J connectivity index is 1.81. The highest BCUT2D eigenvalue weighted by Gasteiger charge is 2.19. The third-order valence-electron chi connectivity index (χ3n) is 4.20. The van der Waals surface area contributed by atoms with Crippen LogP contribution in [-0.4, -0.2) is 22.9 Å². The van der Waals surface area contributed by atoms with Gasteiger partial charge < -0.3 is 15.0 Å². The monoisotopic (exact) mass is 415 g/mol. The number of Topliss-reactive ketones (excluding diaryl/α,β-unsaturated/α-hetero) is 1. The van der Waals surface area contributed by atoms with Gasteiger partial charge in [0.25, 0.3) is 0 Å². The fraction of sp³-hybridized carbons (Fsp3) is 0.150. The number of halogens is 2. The van der Waals surface area contributed by atoms with Crippen molar-refractivity contribution >= 4 is 51.5 Å². The number of nitrogens with two attached hydrogens (primary N) is 1. The lowest BCUT2D eigenvalue weighted by molar-refractivity contribution is 0.0476. The fourth-order valence-electron chi connectivity index (χ4n) is 2.86. The third kappa shape index (κ3) is 3.96. The SMILES string of the molecule is N#CCCn1cc(C(=O)COC(=O)c2cc(Cl)cc(Cl)c2N)c2ccccc21. The van der Waals surface area contributed by atoms with E-state index in [2.05, 4.69) is 6.07 Å². The smallest absolute Gasteiger partial charge is 0.340 e. The lowest BCUT2D eigenvalue weighted by atomic mass is 10.1. The zero-order valence-corrected chi connectivity index (χ0v) is 16.1. The molecule has 0 saturated heterocycles. The lowest BCUT2D eigenvalue weighted by Crippen LogP contribution is -2.15. The van der Waals surface area contributed by atoms with Gasteiger partial charge in [0.05, 0.1) is 28.8 Å². The van der Waals surface area contributed by atoms with E-state index in [-0.39, 0.29) is 27.1 Å². The van der Waals surface area contributed by atoms with Gasteiger partial charge in [-0.3, -0.25) is 4.79 Å². The Labute approximate surface area is 171 Å². The van der Waals surface area contributed by atoms with Crippen molar-refractivity contribution in [1.82, 2.24) is 4.57 Å². The van der Waals surface area contributed by atoms with Gasteiger partial charge in [-0.2, -0.15) is 5.26 Å². The van der Waals surface area contributed by atoms with Crippen LogP contribution in [0.15, 0.2) is 42.6 Å². The molecule has 28 heavy (non-hydrogen) atoms. The molecule has 6 nitrogen and oxygen atoms in total. The van der Waals surface area contributed by atoms with Crippen LogP contribution in [0, 0.1) is 11.3 Å². The number of aryl methyl sites for hydroxylation is 1. The van der Waals surface area contributed by atoms with Crippen LogP contribution >= 0.6 is 23.2 Å². The van der Waals surface area contributed by atoms with E-state index in [9.17, 15) is 9.59 Å². The molecule has 0 fully saturated rings. The molecular formula is C20H15Cl2N3O3. The second-order valence-electron chi connectivity index (χ2n) is 6.01. The Morgan fingerprint density at radius 3 is 2.68 bits per heavy atom. The number of esters is 1. The molecule has 0 amide bonds. The molecule has 0 unspecified atom stereocenters. The summed E-state index contributed by atoms with van der Waals surface area (Å²) in [5.74, 6) is -1.16. The fourth-order valence-corrected chi connectivity index (χ4v) is 3.36. The van der Waals surface area contributed by atoms with Gasteiger partial charge in [0.1, 0.15) is 0 Å². The van der Waals surface area contributed by atoms with Gasteiger partial charge in [-0.15, -0.1) is 0 Å². The molecule has 8 heteroatoms. The molecule has 0 saturated carbocycles. The number of carbonyl (C=O) groups is 2. The Morgan fingerprint density at radius 2 is 1.93 bits per heavy atom. The number of rotatable bonds is 6. The molecule has 0 bridgehead atoms. The quantitative estimate of drug-likeness (QED) is 0.363. The van der Waals surface area contributed by atoms with Gasteiger partial charge in [-0.1, -0.05) is 41.4 Å². The van der Waals surface area contributed by atoms with E-state index in [1.807, 2.05) is 28.8 Å². The molecule has 1 heterocycles. The molecule has 3 aromatic rings. The summed E-state index contributed by atoms with van der Waals surface area (Å²) >= 11 is 11.8. The first-order chi connectivity index (χ1) is 13.4. The Kier molecular flexibility index (Phi) is 5.88. The molecule has 0 spiro atoms. The number of carbonyl (C=O) groups excluding carboxylic acids is 2. The predicted octanol–water partition coefficient (Wildman–Crippen LogP) is 4.48. The van der Waals surface area contributed by atoms with Crippen LogP contribution in [0.1, 0.15) is 27.1 Å². The van der Waals surface area contributed by atoms with Gasteiger partial charge in [0, 0.05) is 34.2 Å². The maximum Gasteiger partial charge on any atom is 0.340 e. The van der Waals surface area contributed by atoms with Crippen LogP contribution in [0.25, 0.3) is 10.9 Å². The molecule has 1 aromatic heterocycles. The highest BCUT2D eigenvalue weighted by Crippen LogP contribution is 2.28. The summed E-state index contributed by atoms with van der Waals surface area (Å²) < 4.78 is 6.96. The second kappa shape index (κ2) is 8.34. The highest BCUT2D eigenvalue weighted by atomic mass is 35.5. The van der Waals surface area contributed by atoms with E-state index in [1.165, 1.54) is 12.1 Å². The van der Waals surface area contributed by atoms with Crippen molar-refractivity contribution in [1.29, 1.82) is 5.26 Å². The van der Waals surface area contributed by atoms with Gasteiger partial charge in [0.2, 0.25) is 5.78 Å². The lowest BCUT2D eigenvalue weighted by Gasteiger charge is -2.08. The Morgan fingerprint density at radius 1 is 1.18 bits per heavy atom. The number of hydrogen-bond donors (Lipinski definition) is 1. The molecule has 0 aliphatic heterocycles. The number of nitrogens with zero attached hydrogens (tertiary/aromatic N) is 2. The number of para-hydroxylation sites is 1. The summed E-state index contributed by atoms with van der Waals surface area (Å²) in [7, 11) is 0. The molecule has 142 valence electrons. The van der Waals surface area contributed by atoms with Crippen LogP contribution in [0.2, 0.25) is 10.0 Å². The summed E-state index contributed by atoms with van der Waals surface area (Å²) in [6.45, 7) is -0.00368. The summed E-state index contributed by atoms with van der Waals surface area (Å²) in [6, 6.07) is 12.2. The van der Waals surface area contributed by atoms with Crippen LogP contribution in [0.5, 0.6) is 0 Å². The minimum atomic E-state index is -0.788. The number of nitrogen functional groups attached to an aromatic ring is 1. The molecular weight excluding hydrogens is 401 g/mol. The van der Waals surface area contributed by atoms with E-state index in [4.69, 9.17) is 38.9 Å². The number of benzene rings is 2. The van der Waals surface area contributed by atoms with Gasteiger partial charge >= 0.3 is 5.97 Å². The Hall–Kier alpha value is -3.01. The van der Waals surface area contributed by atoms with Crippen molar-refractivity contribution in [3.8, 4) is 6.07 Å². The summed E-state index contributed by atoms with van der Waals surface area (Å²) in [5, 5.41) is 9.91. The van der Waals surface area contributed by atoms with Crippen LogP contribution in [-0.2, 0) is 11.3 Å². The number of anilines is 1. The molecule has 0 radical (unpaired) electrons. The standard InChI is InChI=1S/C20H15Cl2N3O3/c21-12-8-14(19(24)16(22)9-12)20(27)28-11-18(26)15-10-25(7-3-6-23)17-5-2-1-4-13(15)17/h1-2,4-5,8-10H,3,7,11,24H2. The maximum atomic E-state index is 12.7. The molecule has 0 atom stereocenters. The van der Waals surface area contributed by atoms with Crippen molar-refractivity contribution < 1.29 is 14.3 Å². The molecule has 2 N–H and O–H groups in total. The van der Waals surface area contributed by atoms with Crippen LogP contribution in [0.4, 0.5) is 5.69 Å². The first-order valence-electron chi connectivity index (χ1n) is 8.32. The molecule has 2 aromatic carbocycles. The highest BCUT2D eigenvalue weighted by molar-refractivity contribution is 6.37. The Bertz CT molecular complexity index is 1120. The van der Waals surface area contributed by atoms with Crippen molar-refractivity contribution in [3.05, 3.63) is 63.8 Å². The van der Waals surface area contributed by atoms with Gasteiger partial charge in [-0.25, -0.2) is 4.79 Å². The number of nitriles is 1. The third-order valence-corrected chi connectivity index (χ3v) is 4.73. The van der Waals surface area contributed by atoms with Crippen LogP contribution < -0.4 is 5.73 Å². The van der Waals surface area contributed by atoms with Crippen molar-refractivity contribution in [3.63, 3.8) is 0 Å². The van der Waals surface area contributed by atoms with Crippen molar-refractivity contribution in [2.75, 3.05) is 12.3 Å². The molecule has 0 aliphatic rings. The normalized spacial score (nSPS) is 10.6. The topological polar surface area (TPSA) is 98.1 Å². The number of fused-ring (bicyclic) bond motifs is 1. The van der Waals surface area contributed by atoms with E-state index >= 15 is 0 Å². The van der Waals surface area contributed by atoms with Gasteiger partial charge in [0.15, 0.2) is 6.61 Å². The first-order valence-corrected chi connectivity index (χ1v) is 9.07. The summed E-state index contributed by atoms with van der Waals surface area (Å²) in [4.78, 5) is 25.0. The number of aromatic nitrogens is 1. The molecule has 0 aliphatic carbocycles. The van der Waals surface area contributed by atoms with E-state index in [0.29, 0.717) is 18.5 Å². The zero-order valence-electron chi connectivity index (χ0n) is 14.6. The number of ether oxygens (including phenoxy) is 1. The number of ketones is 1. The van der Waals surface area contributed by atoms with Crippen LogP contribution in [0.3, 0.4) is 0 Å². The largest absolute Gasteiger partial charge is 0.454 e. The van der Waals surface area contributed by atoms with Crippen molar-refractivity contribution in [2.45, 2.75) is 13.0 Å². The van der Waals surface area contributed by atoms with Gasteiger partial charge in [-0.05, 0) is 18.2 Å². The van der Waals surface area contributed by atoms with E-state index in [1.54, 1.807) is 6.20 Å². The predicted molar refractivity (Wildman–Crippen MR) is 108 cm³/mol. The average Bonchev–Trinajstić information content (AvgIpc) is 3.06. The minimum absolute atomic E-state index is 0.00162. The maximum absolute atomic E-state index is 12.7. The van der Waals surface area contributed by atoms with E-state index in [0.717, 1.165) is 10.9 Å². The summed E-state index contributed by atoms with van der Waals surface area (Å²) in [5.41, 5.74) is 7.08.